The van der Waals surface area contributed by atoms with Crippen LogP contribution in [0.2, 0.25) is 0 Å². The Bertz CT molecular complexity index is 990. The van der Waals surface area contributed by atoms with Crippen molar-refractivity contribution in [1.29, 1.82) is 5.26 Å². The zero-order chi connectivity index (χ0) is 25.3. The summed E-state index contributed by atoms with van der Waals surface area (Å²) in [5.41, 5.74) is 0.0126. The first-order chi connectivity index (χ1) is 16.3. The molecule has 0 aromatic carbocycles. The lowest BCUT2D eigenvalue weighted by atomic mass is 10.2. The van der Waals surface area contributed by atoms with Crippen LogP contribution in [0, 0.1) is 23.2 Å². The van der Waals surface area contributed by atoms with Crippen molar-refractivity contribution >= 4 is 20.6 Å². The summed E-state index contributed by atoms with van der Waals surface area (Å²) in [6, 6.07) is 2.38. The quantitative estimate of drug-likeness (QED) is 0.215. The minimum absolute atomic E-state index is 0.0338. The van der Waals surface area contributed by atoms with Crippen LogP contribution in [0.4, 0.5) is 5.82 Å². The Morgan fingerprint density at radius 1 is 1.48 bits per heavy atom. The molecule has 2 rings (SSSR count). The molecule has 0 saturated carbocycles. The molecule has 1 aliphatic heterocycles. The highest BCUT2D eigenvalue weighted by molar-refractivity contribution is 7.44. The summed E-state index contributed by atoms with van der Waals surface area (Å²) >= 11 is 0. The van der Waals surface area contributed by atoms with Crippen LogP contribution in [0.25, 0.3) is 0 Å². The molecule has 1 saturated heterocycles. The molecule has 180 valence electrons. The summed E-state index contributed by atoms with van der Waals surface area (Å²) < 4.78 is 30.0. The van der Waals surface area contributed by atoms with Gasteiger partial charge in [-0.2, -0.15) is 10.2 Å². The number of aliphatic imine (C=N–C) groups is 1. The minimum atomic E-state index is -1.50. The van der Waals surface area contributed by atoms with E-state index >= 15 is 0 Å². The van der Waals surface area contributed by atoms with Crippen molar-refractivity contribution in [2.24, 2.45) is 4.99 Å². The second kappa shape index (κ2) is 12.9. The smallest absolute Gasteiger partial charge is 0.351 e. The Morgan fingerprint density at radius 2 is 2.21 bits per heavy atom. The topological polar surface area (TPSA) is 102 Å². The number of hydrogen-bond acceptors (Lipinski definition) is 8. The van der Waals surface area contributed by atoms with Gasteiger partial charge in [0.1, 0.15) is 6.23 Å². The highest BCUT2D eigenvalue weighted by Crippen LogP contribution is 2.49. The normalized spacial score (nSPS) is 21.9. The van der Waals surface area contributed by atoms with Gasteiger partial charge in [-0.25, -0.2) is 14.5 Å². The first-order valence-electron chi connectivity index (χ1n) is 11.7. The van der Waals surface area contributed by atoms with Crippen LogP contribution in [0.1, 0.15) is 74.4 Å². The van der Waals surface area contributed by atoms with Gasteiger partial charge in [-0.05, 0) is 48.4 Å². The molecular weight excluding hydrogens is 441 g/mol. The largest absolute Gasteiger partial charge is 0.352 e. The van der Waals surface area contributed by atoms with Gasteiger partial charge in [0.15, 0.2) is 5.82 Å². The summed E-state index contributed by atoms with van der Waals surface area (Å²) in [5, 5.41) is 8.92. The van der Waals surface area contributed by atoms with Gasteiger partial charge in [0, 0.05) is 32.3 Å². The molecule has 1 aromatic heterocycles. The maximum absolute atomic E-state index is 12.7. The van der Waals surface area contributed by atoms with Crippen LogP contribution in [0.3, 0.4) is 0 Å². The fourth-order valence-electron chi connectivity index (χ4n) is 3.51. The second-order valence-corrected chi connectivity index (χ2v) is 9.39. The number of nitriles is 1. The van der Waals surface area contributed by atoms with Crippen LogP contribution in [-0.2, 0) is 13.8 Å². The lowest BCUT2D eigenvalue weighted by Gasteiger charge is -2.37. The van der Waals surface area contributed by atoms with Crippen molar-refractivity contribution in [1.82, 2.24) is 14.2 Å². The Kier molecular flexibility index (Phi) is 9.99. The third-order valence-corrected chi connectivity index (χ3v) is 6.98. The summed E-state index contributed by atoms with van der Waals surface area (Å²) in [7, 11) is -1.50. The standard InChI is InChI=1S/C23H34N5O4P/c1-8-11-19-15-27(23(29)26-22(19)25-9-2)21-14-20(18(7)31-21)32-33(30-13-10-12-24)28(16(3)4)17(5)6/h9,15-18,20-21H,10,13-14H2,1-7H3/t18-,20?,21-,33?/m1/s1/i7D. The molecule has 2 heterocycles. The van der Waals surface area contributed by atoms with Gasteiger partial charge in [-0.15, -0.1) is 5.92 Å². The van der Waals surface area contributed by atoms with E-state index in [0.29, 0.717) is 12.0 Å². The number of rotatable bonds is 10. The molecule has 0 amide bonds. The van der Waals surface area contributed by atoms with E-state index in [1.807, 2.05) is 0 Å². The van der Waals surface area contributed by atoms with Crippen molar-refractivity contribution in [3.05, 3.63) is 22.2 Å². The van der Waals surface area contributed by atoms with Gasteiger partial charge >= 0.3 is 5.69 Å². The van der Waals surface area contributed by atoms with Gasteiger partial charge in [0.25, 0.3) is 8.53 Å². The molecule has 0 spiro atoms. The minimum Gasteiger partial charge on any atom is -0.352 e. The van der Waals surface area contributed by atoms with E-state index in [-0.39, 0.29) is 37.8 Å². The maximum Gasteiger partial charge on any atom is 0.351 e. The maximum atomic E-state index is 12.7. The van der Waals surface area contributed by atoms with Crippen molar-refractivity contribution in [2.75, 3.05) is 6.61 Å². The molecule has 1 aliphatic rings. The molecule has 0 bridgehead atoms. The van der Waals surface area contributed by atoms with Crippen molar-refractivity contribution < 1.29 is 15.2 Å². The predicted molar refractivity (Wildman–Crippen MR) is 129 cm³/mol. The zero-order valence-corrected chi connectivity index (χ0v) is 21.1. The van der Waals surface area contributed by atoms with E-state index in [0.717, 1.165) is 0 Å². The monoisotopic (exact) mass is 476 g/mol. The first kappa shape index (κ1) is 25.5. The van der Waals surface area contributed by atoms with E-state index in [9.17, 15) is 4.79 Å². The average Bonchev–Trinajstić information content (AvgIpc) is 3.18. The molecule has 0 aliphatic carbocycles. The van der Waals surface area contributed by atoms with E-state index in [4.69, 9.17) is 20.4 Å². The molecular formula is C23H34N5O4P. The molecule has 33 heavy (non-hydrogen) atoms. The lowest BCUT2D eigenvalue weighted by Crippen LogP contribution is -2.35. The first-order valence-corrected chi connectivity index (χ1v) is 12.1. The van der Waals surface area contributed by atoms with E-state index < -0.39 is 32.7 Å². The molecule has 1 aromatic rings. The lowest BCUT2D eigenvalue weighted by molar-refractivity contribution is -0.00869. The Labute approximate surface area is 199 Å². The molecule has 9 nitrogen and oxygen atoms in total. The van der Waals surface area contributed by atoms with Crippen LogP contribution in [-0.4, -0.2) is 51.3 Å². The third-order valence-electron chi connectivity index (χ3n) is 4.82. The number of aromatic nitrogens is 2. The van der Waals surface area contributed by atoms with Crippen molar-refractivity contribution in [2.45, 2.75) is 91.8 Å². The van der Waals surface area contributed by atoms with Gasteiger partial charge in [-0.1, -0.05) is 5.92 Å². The van der Waals surface area contributed by atoms with Gasteiger partial charge < -0.3 is 13.8 Å². The van der Waals surface area contributed by atoms with Crippen molar-refractivity contribution in [3.63, 3.8) is 0 Å². The Balaban J connectivity index is 2.33. The van der Waals surface area contributed by atoms with Crippen LogP contribution in [0.15, 0.2) is 16.0 Å². The molecule has 0 radical (unpaired) electrons. The number of hydrogen-bond donors (Lipinski definition) is 0. The SMILES string of the molecule is [2H]C[C@H]1O[C@@H](n2cc(C#CC)c(N=CC)nc2=O)CC1OP(OCCC#N)N(C(C)C)C(C)C. The van der Waals surface area contributed by atoms with Gasteiger partial charge in [0.05, 0.1) is 36.9 Å². The molecule has 0 N–H and O–H groups in total. The van der Waals surface area contributed by atoms with E-state index in [1.54, 1.807) is 26.3 Å². The predicted octanol–water partition coefficient (Wildman–Crippen LogP) is 4.31. The molecule has 4 atom stereocenters. The van der Waals surface area contributed by atoms with Crippen LogP contribution >= 0.6 is 8.53 Å². The highest BCUT2D eigenvalue weighted by Gasteiger charge is 2.39. The zero-order valence-electron chi connectivity index (χ0n) is 21.2. The highest BCUT2D eigenvalue weighted by atomic mass is 31.2. The summed E-state index contributed by atoms with van der Waals surface area (Å²) in [4.78, 5) is 21.0. The summed E-state index contributed by atoms with van der Waals surface area (Å²) in [6.07, 6.45) is 2.11. The van der Waals surface area contributed by atoms with E-state index in [2.05, 4.69) is 60.3 Å². The van der Waals surface area contributed by atoms with Gasteiger partial charge in [-0.3, -0.25) is 4.57 Å². The number of nitrogens with zero attached hydrogens (tertiary/aromatic N) is 5. The average molecular weight is 477 g/mol. The molecule has 2 unspecified atom stereocenters. The summed E-state index contributed by atoms with van der Waals surface area (Å²) in [6.45, 7) is 11.9. The fourth-order valence-corrected chi connectivity index (χ4v) is 5.26. The summed E-state index contributed by atoms with van der Waals surface area (Å²) in [5.74, 6) is 6.01. The third kappa shape index (κ3) is 7.17. The Morgan fingerprint density at radius 3 is 2.79 bits per heavy atom. The number of ether oxygens (including phenoxy) is 1. The van der Waals surface area contributed by atoms with Crippen LogP contribution in [0.5, 0.6) is 0 Å². The fraction of sp³-hybridized carbons (Fsp3) is 0.652. The second-order valence-electron chi connectivity index (χ2n) is 7.99. The Hall–Kier alpha value is -2.13. The molecule has 10 heteroatoms. The molecule has 1 fully saturated rings. The van der Waals surface area contributed by atoms with Crippen LogP contribution < -0.4 is 5.69 Å². The van der Waals surface area contributed by atoms with Crippen molar-refractivity contribution in [3.8, 4) is 17.9 Å². The van der Waals surface area contributed by atoms with E-state index in [1.165, 1.54) is 4.57 Å². The van der Waals surface area contributed by atoms with Gasteiger partial charge in [0.2, 0.25) is 0 Å².